The third kappa shape index (κ3) is 13.1. The molecule has 0 aliphatic carbocycles. The van der Waals surface area contributed by atoms with Crippen molar-refractivity contribution in [1.29, 1.82) is 0 Å². The minimum absolute atomic E-state index is 0. The van der Waals surface area contributed by atoms with Crippen LogP contribution in [0, 0.1) is 0 Å². The van der Waals surface area contributed by atoms with Crippen molar-refractivity contribution >= 4 is 23.4 Å². The standard InChI is InChI=1S/C8H23N2O11P3.3H2O/c9-7(11,23(14,15)16)3-1-5-20-22(13)21-6-2-4-8(10,12)24(17,18)19;;;/h11-12,22H,1-6,9-10H2,(H2,14,15,16)(H2,17,18,19);3*1H2. The van der Waals surface area contributed by atoms with Crippen LogP contribution < -0.4 is 11.5 Å². The third-order valence-electron chi connectivity index (χ3n) is 2.83. The summed E-state index contributed by atoms with van der Waals surface area (Å²) in [5.41, 5.74) is 4.63. The lowest BCUT2D eigenvalue weighted by Gasteiger charge is -2.24. The summed E-state index contributed by atoms with van der Waals surface area (Å²) in [5.74, 6) is 0. The molecule has 27 heavy (non-hydrogen) atoms. The molecular weight excluding hydrogens is 441 g/mol. The average Bonchev–Trinajstić information content (AvgIpc) is 2.37. The van der Waals surface area contributed by atoms with Crippen molar-refractivity contribution in [1.82, 2.24) is 0 Å². The highest BCUT2D eigenvalue weighted by Gasteiger charge is 2.41. The van der Waals surface area contributed by atoms with Gasteiger partial charge < -0.3 is 55.3 Å². The van der Waals surface area contributed by atoms with E-state index < -0.39 is 47.2 Å². The first-order valence-electron chi connectivity index (χ1n) is 6.53. The van der Waals surface area contributed by atoms with Gasteiger partial charge in [0.15, 0.2) is 0 Å². The number of rotatable bonds is 12. The summed E-state index contributed by atoms with van der Waals surface area (Å²) in [6.07, 6.45) is -1.24. The monoisotopic (exact) mass is 470 g/mol. The zero-order chi connectivity index (χ0) is 19.2. The molecule has 0 aromatic rings. The summed E-state index contributed by atoms with van der Waals surface area (Å²) in [7, 11) is -12.8. The number of hydrogen-bond acceptors (Lipinski definition) is 9. The second-order valence-corrected chi connectivity index (χ2v) is 9.80. The Bertz CT molecular complexity index is 472. The van der Waals surface area contributed by atoms with Crippen LogP contribution in [0.4, 0.5) is 0 Å². The molecule has 16 N–H and O–H groups in total. The van der Waals surface area contributed by atoms with E-state index in [1.54, 1.807) is 0 Å². The van der Waals surface area contributed by atoms with Crippen molar-refractivity contribution in [3.8, 4) is 0 Å². The van der Waals surface area contributed by atoms with E-state index in [2.05, 4.69) is 0 Å². The molecule has 16 nitrogen and oxygen atoms in total. The lowest BCUT2D eigenvalue weighted by molar-refractivity contribution is 0.0781. The van der Waals surface area contributed by atoms with E-state index in [1.165, 1.54) is 0 Å². The summed E-state index contributed by atoms with van der Waals surface area (Å²) < 4.78 is 42.4. The molecule has 0 bridgehead atoms. The second-order valence-electron chi connectivity index (χ2n) is 5.00. The van der Waals surface area contributed by atoms with Crippen LogP contribution in [-0.4, -0.2) is 70.4 Å². The van der Waals surface area contributed by atoms with Crippen LogP contribution in [0.15, 0.2) is 0 Å². The van der Waals surface area contributed by atoms with Crippen LogP contribution in [0.1, 0.15) is 25.7 Å². The van der Waals surface area contributed by atoms with E-state index in [4.69, 9.17) is 40.1 Å². The molecule has 0 fully saturated rings. The Hall–Kier alpha value is 0.170. The molecule has 0 spiro atoms. The van der Waals surface area contributed by atoms with E-state index in [0.29, 0.717) is 0 Å². The zero-order valence-electron chi connectivity index (χ0n) is 14.0. The highest BCUT2D eigenvalue weighted by atomic mass is 31.2. The largest absolute Gasteiger partial charge is 0.412 e. The maximum Gasteiger partial charge on any atom is 0.371 e. The number of nitrogens with two attached hydrogens (primary N) is 2. The molecule has 0 amide bonds. The zero-order valence-corrected chi connectivity index (χ0v) is 16.8. The van der Waals surface area contributed by atoms with Crippen molar-refractivity contribution in [2.45, 2.75) is 36.6 Å². The highest BCUT2D eigenvalue weighted by Crippen LogP contribution is 2.48. The van der Waals surface area contributed by atoms with Gasteiger partial charge in [-0.3, -0.25) is 25.2 Å². The Morgan fingerprint density at radius 1 is 0.778 bits per heavy atom. The van der Waals surface area contributed by atoms with E-state index in [-0.39, 0.29) is 42.5 Å². The van der Waals surface area contributed by atoms with E-state index in [9.17, 15) is 23.9 Å². The van der Waals surface area contributed by atoms with E-state index >= 15 is 0 Å². The summed E-state index contributed by atoms with van der Waals surface area (Å²) in [6, 6.07) is 0. The lowest BCUT2D eigenvalue weighted by Crippen LogP contribution is -2.39. The Labute approximate surface area is 154 Å². The van der Waals surface area contributed by atoms with Gasteiger partial charge in [-0.1, -0.05) is 0 Å². The van der Waals surface area contributed by atoms with Crippen LogP contribution in [-0.2, 0) is 22.7 Å². The Balaban J connectivity index is -0.000000882. The fourth-order valence-corrected chi connectivity index (χ4v) is 2.91. The molecule has 0 radical (unpaired) electrons. The number of aliphatic hydroxyl groups is 2. The molecule has 2 unspecified atom stereocenters. The van der Waals surface area contributed by atoms with Gasteiger partial charge in [0, 0.05) is 12.8 Å². The molecule has 0 aliphatic rings. The first-order valence-corrected chi connectivity index (χ1v) is 11.0. The SMILES string of the molecule is NC(O)(CCCO[PH](=O)OCCCC(N)(O)P(=O)(O)O)P(=O)(O)O.O.O.O. The molecule has 170 valence electrons. The molecular formula is C8H29N2O14P3. The molecule has 0 heterocycles. The fraction of sp³-hybridized carbons (Fsp3) is 1.00. The maximum absolute atomic E-state index is 11.3. The van der Waals surface area contributed by atoms with Crippen LogP contribution >= 0.6 is 23.4 Å². The quantitative estimate of drug-likeness (QED) is 0.0767. The van der Waals surface area contributed by atoms with Crippen molar-refractivity contribution in [3.05, 3.63) is 0 Å². The molecule has 2 atom stereocenters. The molecule has 0 saturated heterocycles. The van der Waals surface area contributed by atoms with E-state index in [0.717, 1.165) is 0 Å². The summed E-state index contributed by atoms with van der Waals surface area (Å²) >= 11 is 0. The lowest BCUT2D eigenvalue weighted by atomic mass is 10.3. The van der Waals surface area contributed by atoms with Crippen LogP contribution in [0.25, 0.3) is 0 Å². The van der Waals surface area contributed by atoms with Crippen LogP contribution in [0.5, 0.6) is 0 Å². The van der Waals surface area contributed by atoms with Gasteiger partial charge in [-0.05, 0) is 12.8 Å². The van der Waals surface area contributed by atoms with Crippen molar-refractivity contribution in [3.63, 3.8) is 0 Å². The minimum atomic E-state index is -4.91. The molecule has 19 heteroatoms. The Morgan fingerprint density at radius 2 is 1.04 bits per heavy atom. The van der Waals surface area contributed by atoms with Crippen LogP contribution in [0.3, 0.4) is 0 Å². The fourth-order valence-electron chi connectivity index (χ4n) is 1.31. The van der Waals surface area contributed by atoms with Gasteiger partial charge in [-0.2, -0.15) is 0 Å². The van der Waals surface area contributed by atoms with Gasteiger partial charge in [0.05, 0.1) is 13.2 Å². The predicted molar refractivity (Wildman–Crippen MR) is 92.6 cm³/mol. The summed E-state index contributed by atoms with van der Waals surface area (Å²) in [4.78, 5) is 35.0. The normalized spacial score (nSPS) is 17.3. The average molecular weight is 470 g/mol. The van der Waals surface area contributed by atoms with Gasteiger partial charge >= 0.3 is 23.4 Å². The molecule has 0 rings (SSSR count). The van der Waals surface area contributed by atoms with Gasteiger partial charge in [0.2, 0.25) is 10.9 Å². The van der Waals surface area contributed by atoms with Gasteiger partial charge in [-0.25, -0.2) is 0 Å². The minimum Gasteiger partial charge on any atom is -0.412 e. The first kappa shape index (κ1) is 34.7. The van der Waals surface area contributed by atoms with Crippen LogP contribution in [0.2, 0.25) is 0 Å². The molecule has 0 aromatic carbocycles. The maximum atomic E-state index is 11.3. The first-order chi connectivity index (χ1) is 10.6. The topological polar surface area (TPSA) is 338 Å². The smallest absolute Gasteiger partial charge is 0.371 e. The van der Waals surface area contributed by atoms with Gasteiger partial charge in [-0.15, -0.1) is 0 Å². The predicted octanol–water partition coefficient (Wildman–Crippen LogP) is -3.94. The van der Waals surface area contributed by atoms with Gasteiger partial charge in [0.25, 0.3) is 0 Å². The summed E-state index contributed by atoms with van der Waals surface area (Å²) in [6.45, 7) is -0.527. The molecule has 0 saturated carbocycles. The summed E-state index contributed by atoms with van der Waals surface area (Å²) in [5, 5.41) is 18.6. The number of hydrogen-bond donors (Lipinski definition) is 8. The van der Waals surface area contributed by atoms with E-state index in [1.807, 2.05) is 0 Å². The Morgan fingerprint density at radius 3 is 1.26 bits per heavy atom. The van der Waals surface area contributed by atoms with Gasteiger partial charge in [0.1, 0.15) is 0 Å². The highest BCUT2D eigenvalue weighted by molar-refractivity contribution is 7.53. The Kier molecular flexibility index (Phi) is 17.2. The second kappa shape index (κ2) is 13.4. The van der Waals surface area contributed by atoms with Crippen molar-refractivity contribution < 1.29 is 69.0 Å². The van der Waals surface area contributed by atoms with Crippen molar-refractivity contribution in [2.75, 3.05) is 13.2 Å². The van der Waals surface area contributed by atoms with Crippen molar-refractivity contribution in [2.24, 2.45) is 11.5 Å². The molecule has 0 aliphatic heterocycles. The molecule has 0 aromatic heterocycles. The third-order valence-corrected chi connectivity index (χ3v) is 6.17.